The molecule has 5 heteroatoms. The van der Waals surface area contributed by atoms with Crippen LogP contribution in [-0.2, 0) is 9.84 Å². The van der Waals surface area contributed by atoms with E-state index in [2.05, 4.69) is 18.7 Å². The Morgan fingerprint density at radius 2 is 1.79 bits per heavy atom. The molecule has 0 unspecified atom stereocenters. The first kappa shape index (κ1) is 14.2. The molecule has 2 rings (SSSR count). The van der Waals surface area contributed by atoms with Crippen molar-refractivity contribution in [1.82, 2.24) is 0 Å². The van der Waals surface area contributed by atoms with E-state index >= 15 is 0 Å². The predicted octanol–water partition coefficient (Wildman–Crippen LogP) is 2.30. The first-order chi connectivity index (χ1) is 8.69. The van der Waals surface area contributed by atoms with E-state index in [1.807, 2.05) is 6.07 Å². The van der Waals surface area contributed by atoms with Crippen LogP contribution in [0.5, 0.6) is 0 Å². The SMILES string of the molecule is CC1(C)CCN(c2ccc(S(C)(=O)=O)cc2N)CC1. The third kappa shape index (κ3) is 3.21. The van der Waals surface area contributed by atoms with Crippen LogP contribution >= 0.6 is 0 Å². The first-order valence-electron chi connectivity index (χ1n) is 6.54. The van der Waals surface area contributed by atoms with Gasteiger partial charge in [0.05, 0.1) is 16.3 Å². The summed E-state index contributed by atoms with van der Waals surface area (Å²) >= 11 is 0. The lowest BCUT2D eigenvalue weighted by molar-refractivity contribution is 0.280. The summed E-state index contributed by atoms with van der Waals surface area (Å²) in [4.78, 5) is 2.53. The average Bonchev–Trinajstić information content (AvgIpc) is 2.28. The van der Waals surface area contributed by atoms with Gasteiger partial charge in [-0.3, -0.25) is 0 Å². The monoisotopic (exact) mass is 282 g/mol. The number of nitrogens with zero attached hydrogens (tertiary/aromatic N) is 1. The molecule has 0 saturated carbocycles. The van der Waals surface area contributed by atoms with Gasteiger partial charge in [0.1, 0.15) is 0 Å². The summed E-state index contributed by atoms with van der Waals surface area (Å²) in [6.45, 7) is 6.49. The number of nitrogens with two attached hydrogens (primary N) is 1. The Kier molecular flexibility index (Phi) is 3.51. The summed E-state index contributed by atoms with van der Waals surface area (Å²) in [6.07, 6.45) is 3.45. The maximum Gasteiger partial charge on any atom is 0.175 e. The van der Waals surface area contributed by atoms with Crippen LogP contribution in [0, 0.1) is 5.41 Å². The highest BCUT2D eigenvalue weighted by molar-refractivity contribution is 7.90. The Balaban J connectivity index is 2.23. The van der Waals surface area contributed by atoms with E-state index in [-0.39, 0.29) is 4.90 Å². The molecule has 1 aromatic carbocycles. The third-order valence-corrected chi connectivity index (χ3v) is 5.00. The number of sulfone groups is 1. The number of hydrogen-bond acceptors (Lipinski definition) is 4. The second-order valence-electron chi connectivity index (χ2n) is 6.14. The van der Waals surface area contributed by atoms with E-state index in [1.54, 1.807) is 12.1 Å². The van der Waals surface area contributed by atoms with E-state index in [4.69, 9.17) is 5.73 Å². The minimum Gasteiger partial charge on any atom is -0.397 e. The molecule has 4 nitrogen and oxygen atoms in total. The zero-order chi connectivity index (χ0) is 14.3. The molecule has 1 aliphatic rings. The van der Waals surface area contributed by atoms with Crippen molar-refractivity contribution in [1.29, 1.82) is 0 Å². The fourth-order valence-corrected chi connectivity index (χ4v) is 3.06. The van der Waals surface area contributed by atoms with Crippen LogP contribution < -0.4 is 10.6 Å². The van der Waals surface area contributed by atoms with Gasteiger partial charge in [-0.25, -0.2) is 8.42 Å². The summed E-state index contributed by atoms with van der Waals surface area (Å²) in [6, 6.07) is 5.02. The average molecular weight is 282 g/mol. The molecule has 2 N–H and O–H groups in total. The number of benzene rings is 1. The van der Waals surface area contributed by atoms with Gasteiger partial charge >= 0.3 is 0 Å². The highest BCUT2D eigenvalue weighted by Gasteiger charge is 2.26. The Morgan fingerprint density at radius 3 is 2.26 bits per heavy atom. The van der Waals surface area contributed by atoms with Crippen molar-refractivity contribution in [2.45, 2.75) is 31.6 Å². The van der Waals surface area contributed by atoms with E-state index < -0.39 is 9.84 Å². The van der Waals surface area contributed by atoms with Crippen molar-refractivity contribution in [3.05, 3.63) is 18.2 Å². The molecule has 0 amide bonds. The molecule has 0 aromatic heterocycles. The molecule has 0 aliphatic carbocycles. The summed E-state index contributed by atoms with van der Waals surface area (Å²) in [5.74, 6) is 0. The van der Waals surface area contributed by atoms with Crippen molar-refractivity contribution >= 4 is 21.2 Å². The zero-order valence-corrected chi connectivity index (χ0v) is 12.6. The normalized spacial score (nSPS) is 19.4. The van der Waals surface area contributed by atoms with E-state index in [1.165, 1.54) is 6.26 Å². The number of rotatable bonds is 2. The molecule has 19 heavy (non-hydrogen) atoms. The quantitative estimate of drug-likeness (QED) is 0.845. The summed E-state index contributed by atoms with van der Waals surface area (Å²) in [5.41, 5.74) is 7.89. The topological polar surface area (TPSA) is 63.4 Å². The van der Waals surface area contributed by atoms with Gasteiger partial charge in [0.15, 0.2) is 9.84 Å². The van der Waals surface area contributed by atoms with Crippen LogP contribution in [0.4, 0.5) is 11.4 Å². The Labute approximate surface area is 115 Å². The summed E-state index contributed by atoms with van der Waals surface area (Å²) < 4.78 is 23.0. The van der Waals surface area contributed by atoms with Gasteiger partial charge in [0.2, 0.25) is 0 Å². The second kappa shape index (κ2) is 4.71. The number of anilines is 2. The molecular weight excluding hydrogens is 260 g/mol. The maximum absolute atomic E-state index is 11.5. The fourth-order valence-electron chi connectivity index (χ4n) is 2.40. The molecule has 0 spiro atoms. The number of hydrogen-bond donors (Lipinski definition) is 1. The molecule has 1 fully saturated rings. The molecule has 0 radical (unpaired) electrons. The van der Waals surface area contributed by atoms with Gasteiger partial charge < -0.3 is 10.6 Å². The van der Waals surface area contributed by atoms with Crippen molar-refractivity contribution in [2.75, 3.05) is 30.0 Å². The predicted molar refractivity (Wildman–Crippen MR) is 79.2 cm³/mol. The van der Waals surface area contributed by atoms with Gasteiger partial charge in [0, 0.05) is 19.3 Å². The molecule has 1 saturated heterocycles. The van der Waals surface area contributed by atoms with Gasteiger partial charge in [-0.1, -0.05) is 13.8 Å². The van der Waals surface area contributed by atoms with E-state index in [9.17, 15) is 8.42 Å². The number of piperidine rings is 1. The highest BCUT2D eigenvalue weighted by atomic mass is 32.2. The lowest BCUT2D eigenvalue weighted by atomic mass is 9.82. The Hall–Kier alpha value is -1.23. The molecule has 1 aromatic rings. The van der Waals surface area contributed by atoms with E-state index in [0.717, 1.165) is 31.6 Å². The van der Waals surface area contributed by atoms with Crippen molar-refractivity contribution in [3.63, 3.8) is 0 Å². The minimum atomic E-state index is -3.19. The van der Waals surface area contributed by atoms with Gasteiger partial charge in [0.25, 0.3) is 0 Å². The number of nitrogen functional groups attached to an aromatic ring is 1. The Morgan fingerprint density at radius 1 is 1.21 bits per heavy atom. The maximum atomic E-state index is 11.5. The summed E-state index contributed by atoms with van der Waals surface area (Å²) in [7, 11) is -3.19. The van der Waals surface area contributed by atoms with Crippen LogP contribution in [0.15, 0.2) is 23.1 Å². The van der Waals surface area contributed by atoms with Crippen molar-refractivity contribution < 1.29 is 8.42 Å². The highest BCUT2D eigenvalue weighted by Crippen LogP contribution is 2.34. The lowest BCUT2D eigenvalue weighted by Crippen LogP contribution is -2.37. The Bertz CT molecular complexity index is 569. The standard InChI is InChI=1S/C14H22N2O2S/c1-14(2)6-8-16(9-7-14)13-5-4-11(10-12(13)15)19(3,17)18/h4-5,10H,6-9,15H2,1-3H3. The molecular formula is C14H22N2O2S. The van der Waals surface area contributed by atoms with Crippen molar-refractivity contribution in [3.8, 4) is 0 Å². The third-order valence-electron chi connectivity index (χ3n) is 3.88. The van der Waals surface area contributed by atoms with Crippen LogP contribution in [0.1, 0.15) is 26.7 Å². The van der Waals surface area contributed by atoms with Crippen LogP contribution in [0.3, 0.4) is 0 Å². The molecule has 1 heterocycles. The molecule has 0 atom stereocenters. The summed E-state index contributed by atoms with van der Waals surface area (Å²) in [5, 5.41) is 0. The zero-order valence-electron chi connectivity index (χ0n) is 11.8. The molecule has 0 bridgehead atoms. The largest absolute Gasteiger partial charge is 0.397 e. The van der Waals surface area contributed by atoms with Gasteiger partial charge in [-0.15, -0.1) is 0 Å². The lowest BCUT2D eigenvalue weighted by Gasteiger charge is -2.38. The van der Waals surface area contributed by atoms with Gasteiger partial charge in [-0.2, -0.15) is 0 Å². The molecule has 1 aliphatic heterocycles. The second-order valence-corrected chi connectivity index (χ2v) is 8.16. The minimum absolute atomic E-state index is 0.283. The molecule has 106 valence electrons. The first-order valence-corrected chi connectivity index (χ1v) is 8.43. The fraction of sp³-hybridized carbons (Fsp3) is 0.571. The van der Waals surface area contributed by atoms with E-state index in [0.29, 0.717) is 11.1 Å². The smallest absolute Gasteiger partial charge is 0.175 e. The van der Waals surface area contributed by atoms with Crippen molar-refractivity contribution in [2.24, 2.45) is 5.41 Å². The van der Waals surface area contributed by atoms with Crippen LogP contribution in [0.25, 0.3) is 0 Å². The van der Waals surface area contributed by atoms with Crippen LogP contribution in [-0.4, -0.2) is 27.8 Å². The van der Waals surface area contributed by atoms with Crippen LogP contribution in [0.2, 0.25) is 0 Å². The van der Waals surface area contributed by atoms with Gasteiger partial charge in [-0.05, 0) is 36.5 Å².